The van der Waals surface area contributed by atoms with Crippen molar-refractivity contribution in [2.24, 2.45) is 0 Å². The molecule has 110 valence electrons. The van der Waals surface area contributed by atoms with Gasteiger partial charge in [0.2, 0.25) is 10.0 Å². The SMILES string of the molecule is CC(C)(C)c1ccc(S(=O)(=O)N2[C@@H]3CCCC[C@H]32)cc1. The van der Waals surface area contributed by atoms with Crippen molar-refractivity contribution in [1.29, 1.82) is 0 Å². The second kappa shape index (κ2) is 4.57. The van der Waals surface area contributed by atoms with Crippen LogP contribution in [0.4, 0.5) is 0 Å². The molecular formula is C16H23NO2S. The van der Waals surface area contributed by atoms with E-state index in [1.165, 1.54) is 5.56 Å². The maximum atomic E-state index is 12.6. The van der Waals surface area contributed by atoms with E-state index in [0.29, 0.717) is 4.90 Å². The predicted molar refractivity (Wildman–Crippen MR) is 80.2 cm³/mol. The van der Waals surface area contributed by atoms with Gasteiger partial charge in [0.05, 0.1) is 4.90 Å². The van der Waals surface area contributed by atoms with Crippen molar-refractivity contribution < 1.29 is 8.42 Å². The third-order valence-electron chi connectivity index (χ3n) is 4.55. The Kier molecular flexibility index (Phi) is 3.22. The molecule has 1 aliphatic carbocycles. The molecule has 0 spiro atoms. The summed E-state index contributed by atoms with van der Waals surface area (Å²) in [5.74, 6) is 0. The molecule has 20 heavy (non-hydrogen) atoms. The van der Waals surface area contributed by atoms with Crippen molar-refractivity contribution in [3.8, 4) is 0 Å². The standard InChI is InChI=1S/C16H23NO2S/c1-16(2,3)12-8-10-13(11-9-12)20(18,19)17-14-6-4-5-7-15(14)17/h8-11,14-15H,4-7H2,1-3H3/t14-,15-/m1/s1. The highest BCUT2D eigenvalue weighted by molar-refractivity contribution is 7.89. The first-order valence-corrected chi connectivity index (χ1v) is 8.90. The molecular weight excluding hydrogens is 270 g/mol. The highest BCUT2D eigenvalue weighted by atomic mass is 32.2. The van der Waals surface area contributed by atoms with Crippen LogP contribution in [0.15, 0.2) is 29.2 Å². The Morgan fingerprint density at radius 1 is 1.00 bits per heavy atom. The zero-order valence-electron chi connectivity index (χ0n) is 12.5. The first-order chi connectivity index (χ1) is 9.32. The van der Waals surface area contributed by atoms with Gasteiger partial charge in [0.25, 0.3) is 0 Å². The van der Waals surface area contributed by atoms with Crippen LogP contribution in [0.3, 0.4) is 0 Å². The molecule has 4 heteroatoms. The van der Waals surface area contributed by atoms with Gasteiger partial charge >= 0.3 is 0 Å². The minimum absolute atomic E-state index is 0.0517. The maximum absolute atomic E-state index is 12.6. The smallest absolute Gasteiger partial charge is 0.207 e. The first kappa shape index (κ1) is 14.1. The van der Waals surface area contributed by atoms with Gasteiger partial charge < -0.3 is 0 Å². The molecule has 0 bridgehead atoms. The monoisotopic (exact) mass is 293 g/mol. The largest absolute Gasteiger partial charge is 0.243 e. The number of fused-ring (bicyclic) bond motifs is 1. The summed E-state index contributed by atoms with van der Waals surface area (Å²) in [7, 11) is -3.28. The first-order valence-electron chi connectivity index (χ1n) is 7.46. The van der Waals surface area contributed by atoms with E-state index in [-0.39, 0.29) is 17.5 Å². The average Bonchev–Trinajstić information content (AvgIpc) is 3.13. The van der Waals surface area contributed by atoms with Crippen LogP contribution in [0.25, 0.3) is 0 Å². The van der Waals surface area contributed by atoms with Gasteiger partial charge in [-0.3, -0.25) is 0 Å². The number of nitrogens with zero attached hydrogens (tertiary/aromatic N) is 1. The average molecular weight is 293 g/mol. The summed E-state index contributed by atoms with van der Waals surface area (Å²) in [6.07, 6.45) is 4.39. The van der Waals surface area contributed by atoms with Crippen LogP contribution in [-0.4, -0.2) is 24.8 Å². The molecule has 2 aliphatic rings. The van der Waals surface area contributed by atoms with E-state index < -0.39 is 10.0 Å². The van der Waals surface area contributed by atoms with E-state index in [2.05, 4.69) is 20.8 Å². The quantitative estimate of drug-likeness (QED) is 0.785. The summed E-state index contributed by atoms with van der Waals surface area (Å²) in [5, 5.41) is 0. The highest BCUT2D eigenvalue weighted by Gasteiger charge is 2.55. The molecule has 0 radical (unpaired) electrons. The Morgan fingerprint density at radius 3 is 1.95 bits per heavy atom. The zero-order chi connectivity index (χ0) is 14.5. The second-order valence-corrected chi connectivity index (χ2v) is 8.87. The van der Waals surface area contributed by atoms with E-state index in [0.717, 1.165) is 25.7 Å². The summed E-state index contributed by atoms with van der Waals surface area (Å²) in [6.45, 7) is 6.40. The molecule has 3 nitrogen and oxygen atoms in total. The molecule has 1 aromatic rings. The Labute approximate surface area is 122 Å². The Bertz CT molecular complexity index is 586. The topological polar surface area (TPSA) is 37.1 Å². The van der Waals surface area contributed by atoms with Gasteiger partial charge in [0.15, 0.2) is 0 Å². The van der Waals surface area contributed by atoms with Crippen LogP contribution in [0.1, 0.15) is 52.0 Å². The van der Waals surface area contributed by atoms with E-state index in [4.69, 9.17) is 0 Å². The van der Waals surface area contributed by atoms with Crippen LogP contribution < -0.4 is 0 Å². The second-order valence-electron chi connectivity index (χ2n) is 7.03. The Morgan fingerprint density at radius 2 is 1.50 bits per heavy atom. The summed E-state index contributed by atoms with van der Waals surface area (Å²) < 4.78 is 27.0. The van der Waals surface area contributed by atoms with Gasteiger partial charge in [-0.1, -0.05) is 45.7 Å². The normalized spacial score (nSPS) is 29.9. The molecule has 0 N–H and O–H groups in total. The zero-order valence-corrected chi connectivity index (χ0v) is 13.3. The Balaban J connectivity index is 1.85. The van der Waals surface area contributed by atoms with Crippen molar-refractivity contribution in [3.63, 3.8) is 0 Å². The maximum Gasteiger partial charge on any atom is 0.243 e. The minimum Gasteiger partial charge on any atom is -0.207 e. The Hall–Kier alpha value is -0.870. The van der Waals surface area contributed by atoms with Crippen LogP contribution in [0.2, 0.25) is 0 Å². The van der Waals surface area contributed by atoms with Crippen LogP contribution >= 0.6 is 0 Å². The molecule has 1 aliphatic heterocycles. The number of benzene rings is 1. The minimum atomic E-state index is -3.28. The lowest BCUT2D eigenvalue weighted by Gasteiger charge is -2.19. The third kappa shape index (κ3) is 2.29. The van der Waals surface area contributed by atoms with E-state index >= 15 is 0 Å². The van der Waals surface area contributed by atoms with Gasteiger partial charge in [0.1, 0.15) is 0 Å². The van der Waals surface area contributed by atoms with Gasteiger partial charge in [-0.15, -0.1) is 0 Å². The van der Waals surface area contributed by atoms with Crippen LogP contribution in [0.5, 0.6) is 0 Å². The molecule has 2 fully saturated rings. The van der Waals surface area contributed by atoms with Gasteiger partial charge in [0, 0.05) is 12.1 Å². The van der Waals surface area contributed by atoms with Gasteiger partial charge in [-0.2, -0.15) is 4.31 Å². The predicted octanol–water partition coefficient (Wildman–Crippen LogP) is 3.30. The molecule has 1 saturated heterocycles. The third-order valence-corrected chi connectivity index (χ3v) is 6.52. The number of rotatable bonds is 2. The summed E-state index contributed by atoms with van der Waals surface area (Å²) >= 11 is 0. The molecule has 1 heterocycles. The van der Waals surface area contributed by atoms with Crippen molar-refractivity contribution >= 4 is 10.0 Å². The fraction of sp³-hybridized carbons (Fsp3) is 0.625. The lowest BCUT2D eigenvalue weighted by molar-refractivity contribution is 0.544. The summed E-state index contributed by atoms with van der Waals surface area (Å²) in [4.78, 5) is 0.444. The fourth-order valence-electron chi connectivity index (χ4n) is 3.26. The fourth-order valence-corrected chi connectivity index (χ4v) is 5.13. The molecule has 2 atom stereocenters. The molecule has 0 amide bonds. The van der Waals surface area contributed by atoms with E-state index in [1.54, 1.807) is 16.4 Å². The van der Waals surface area contributed by atoms with Crippen molar-refractivity contribution in [1.82, 2.24) is 4.31 Å². The van der Waals surface area contributed by atoms with E-state index in [9.17, 15) is 8.42 Å². The number of sulfonamides is 1. The lowest BCUT2D eigenvalue weighted by Crippen LogP contribution is -2.16. The van der Waals surface area contributed by atoms with E-state index in [1.807, 2.05) is 12.1 Å². The van der Waals surface area contributed by atoms with Crippen molar-refractivity contribution in [2.75, 3.05) is 0 Å². The summed E-state index contributed by atoms with van der Waals surface area (Å²) in [6, 6.07) is 7.97. The van der Waals surface area contributed by atoms with Gasteiger partial charge in [-0.25, -0.2) is 8.42 Å². The molecule has 1 aromatic carbocycles. The van der Waals surface area contributed by atoms with Gasteiger partial charge in [-0.05, 0) is 36.0 Å². The number of hydrogen-bond acceptors (Lipinski definition) is 2. The molecule has 0 aromatic heterocycles. The van der Waals surface area contributed by atoms with Crippen molar-refractivity contribution in [3.05, 3.63) is 29.8 Å². The molecule has 0 unspecified atom stereocenters. The summed E-state index contributed by atoms with van der Waals surface area (Å²) in [5.41, 5.74) is 1.22. The van der Waals surface area contributed by atoms with Crippen LogP contribution in [0, 0.1) is 0 Å². The van der Waals surface area contributed by atoms with Crippen molar-refractivity contribution in [2.45, 2.75) is 68.8 Å². The highest BCUT2D eigenvalue weighted by Crippen LogP contribution is 2.44. The molecule has 1 saturated carbocycles. The lowest BCUT2D eigenvalue weighted by atomic mass is 9.87. The molecule has 3 rings (SSSR count). The number of hydrogen-bond donors (Lipinski definition) is 0. The van der Waals surface area contributed by atoms with Crippen LogP contribution in [-0.2, 0) is 15.4 Å².